The summed E-state index contributed by atoms with van der Waals surface area (Å²) in [5, 5.41) is 9.68. The van der Waals surface area contributed by atoms with Gasteiger partial charge in [-0.25, -0.2) is 0 Å². The fourth-order valence-corrected chi connectivity index (χ4v) is 2.65. The van der Waals surface area contributed by atoms with E-state index >= 15 is 0 Å². The van der Waals surface area contributed by atoms with Gasteiger partial charge in [0.1, 0.15) is 12.1 Å². The van der Waals surface area contributed by atoms with Gasteiger partial charge in [0, 0.05) is 12.3 Å². The number of amides is 2. The summed E-state index contributed by atoms with van der Waals surface area (Å²) in [5.41, 5.74) is 0. The highest BCUT2D eigenvalue weighted by Crippen LogP contribution is 2.38. The summed E-state index contributed by atoms with van der Waals surface area (Å²) in [6.45, 7) is 3.98. The fourth-order valence-electron chi connectivity index (χ4n) is 2.65. The van der Waals surface area contributed by atoms with Gasteiger partial charge in [-0.1, -0.05) is 19.0 Å². The predicted octanol–water partition coefficient (Wildman–Crippen LogP) is 1.43. The van der Waals surface area contributed by atoms with Crippen LogP contribution >= 0.6 is 0 Å². The van der Waals surface area contributed by atoms with Crippen molar-refractivity contribution < 1.29 is 14.1 Å². The zero-order valence-corrected chi connectivity index (χ0v) is 13.0. The molecule has 2 amide bonds. The molecule has 1 aromatic heterocycles. The average Bonchev–Trinajstić information content (AvgIpc) is 3.22. The van der Waals surface area contributed by atoms with E-state index in [0.29, 0.717) is 24.7 Å². The van der Waals surface area contributed by atoms with E-state index in [1.54, 1.807) is 0 Å². The Balaban J connectivity index is 1.67. The first-order valence-corrected chi connectivity index (χ1v) is 7.98. The maximum atomic E-state index is 12.4. The number of hydrogen-bond donors (Lipinski definition) is 2. The number of piperidine rings is 1. The van der Waals surface area contributed by atoms with Crippen molar-refractivity contribution in [1.29, 1.82) is 0 Å². The molecule has 1 saturated heterocycles. The van der Waals surface area contributed by atoms with Gasteiger partial charge in [-0.15, -0.1) is 0 Å². The highest BCUT2D eigenvalue weighted by Gasteiger charge is 2.33. The number of carbonyl (C=O) groups excluding carboxylic acids is 2. The maximum Gasteiger partial charge on any atom is 0.249 e. The standard InChI is InChI=1S/C15H22N4O3/c1-8(2)12(15-18-13(19-22-15)9-6-7-9)17-14(21)10-4-3-5-11(20)16-10/h8-10,12H,3-7H2,1-2H3,(H,16,20)(H,17,21)/t10-,12?/m1/s1. The van der Waals surface area contributed by atoms with Gasteiger partial charge in [0.15, 0.2) is 5.82 Å². The number of hydrogen-bond acceptors (Lipinski definition) is 5. The van der Waals surface area contributed by atoms with Gasteiger partial charge in [0.25, 0.3) is 0 Å². The van der Waals surface area contributed by atoms with E-state index in [2.05, 4.69) is 20.8 Å². The van der Waals surface area contributed by atoms with Crippen LogP contribution in [0.2, 0.25) is 0 Å². The van der Waals surface area contributed by atoms with E-state index in [9.17, 15) is 9.59 Å². The molecule has 2 N–H and O–H groups in total. The van der Waals surface area contributed by atoms with Crippen LogP contribution in [-0.2, 0) is 9.59 Å². The topological polar surface area (TPSA) is 97.1 Å². The fraction of sp³-hybridized carbons (Fsp3) is 0.733. The van der Waals surface area contributed by atoms with E-state index in [4.69, 9.17) is 4.52 Å². The van der Waals surface area contributed by atoms with Gasteiger partial charge in [-0.05, 0) is 31.6 Å². The lowest BCUT2D eigenvalue weighted by Crippen LogP contribution is -2.50. The third-order valence-electron chi connectivity index (χ3n) is 4.18. The van der Waals surface area contributed by atoms with E-state index in [-0.39, 0.29) is 23.8 Å². The molecule has 1 unspecified atom stereocenters. The summed E-state index contributed by atoms with van der Waals surface area (Å²) in [4.78, 5) is 28.2. The van der Waals surface area contributed by atoms with Gasteiger partial charge >= 0.3 is 0 Å². The molecule has 3 rings (SSSR count). The van der Waals surface area contributed by atoms with Crippen molar-refractivity contribution in [1.82, 2.24) is 20.8 Å². The highest BCUT2D eigenvalue weighted by molar-refractivity contribution is 5.88. The van der Waals surface area contributed by atoms with Gasteiger partial charge < -0.3 is 15.2 Å². The molecule has 1 aliphatic carbocycles. The van der Waals surface area contributed by atoms with Crippen LogP contribution in [-0.4, -0.2) is 28.0 Å². The smallest absolute Gasteiger partial charge is 0.249 e. The summed E-state index contributed by atoms with van der Waals surface area (Å²) >= 11 is 0. The molecule has 1 aliphatic heterocycles. The number of nitrogens with one attached hydrogen (secondary N) is 2. The lowest BCUT2D eigenvalue weighted by Gasteiger charge is -2.25. The number of rotatable bonds is 5. The summed E-state index contributed by atoms with van der Waals surface area (Å²) in [5.74, 6) is 1.47. The summed E-state index contributed by atoms with van der Waals surface area (Å²) < 4.78 is 5.34. The van der Waals surface area contributed by atoms with E-state index in [1.165, 1.54) is 0 Å². The van der Waals surface area contributed by atoms with Gasteiger partial charge in [-0.3, -0.25) is 9.59 Å². The van der Waals surface area contributed by atoms with Gasteiger partial charge in [0.2, 0.25) is 17.7 Å². The van der Waals surface area contributed by atoms with Crippen LogP contribution in [0.25, 0.3) is 0 Å². The second kappa shape index (κ2) is 6.06. The van der Waals surface area contributed by atoms with Crippen molar-refractivity contribution in [3.63, 3.8) is 0 Å². The summed E-state index contributed by atoms with van der Waals surface area (Å²) in [6, 6.07) is -0.792. The molecule has 7 nitrogen and oxygen atoms in total. The number of nitrogens with zero attached hydrogens (tertiary/aromatic N) is 2. The molecule has 0 radical (unpaired) electrons. The van der Waals surface area contributed by atoms with Crippen molar-refractivity contribution in [2.75, 3.05) is 0 Å². The van der Waals surface area contributed by atoms with Crippen molar-refractivity contribution in [3.05, 3.63) is 11.7 Å². The monoisotopic (exact) mass is 306 g/mol. The molecule has 0 bridgehead atoms. The van der Waals surface area contributed by atoms with Crippen molar-refractivity contribution in [2.24, 2.45) is 5.92 Å². The van der Waals surface area contributed by atoms with Crippen LogP contribution < -0.4 is 10.6 Å². The van der Waals surface area contributed by atoms with Crippen LogP contribution in [0.1, 0.15) is 69.6 Å². The maximum absolute atomic E-state index is 12.4. The molecule has 2 atom stereocenters. The molecule has 1 aromatic rings. The number of aromatic nitrogens is 2. The van der Waals surface area contributed by atoms with Crippen LogP contribution in [0.4, 0.5) is 0 Å². The Morgan fingerprint density at radius 1 is 1.36 bits per heavy atom. The predicted molar refractivity (Wildman–Crippen MR) is 77.8 cm³/mol. The molecule has 2 heterocycles. The van der Waals surface area contributed by atoms with E-state index in [0.717, 1.165) is 25.1 Å². The minimum atomic E-state index is -0.465. The van der Waals surface area contributed by atoms with E-state index < -0.39 is 6.04 Å². The zero-order valence-electron chi connectivity index (χ0n) is 13.0. The highest BCUT2D eigenvalue weighted by atomic mass is 16.5. The lowest BCUT2D eigenvalue weighted by atomic mass is 10.0. The molecule has 120 valence electrons. The molecular formula is C15H22N4O3. The Kier molecular flexibility index (Phi) is 4.13. The van der Waals surface area contributed by atoms with Crippen molar-refractivity contribution in [2.45, 2.75) is 64.0 Å². The Morgan fingerprint density at radius 3 is 2.77 bits per heavy atom. The summed E-state index contributed by atoms with van der Waals surface area (Å²) in [6.07, 6.45) is 4.10. The zero-order chi connectivity index (χ0) is 15.7. The average molecular weight is 306 g/mol. The Labute approximate surface area is 129 Å². The van der Waals surface area contributed by atoms with Crippen LogP contribution in [0.5, 0.6) is 0 Å². The van der Waals surface area contributed by atoms with E-state index in [1.807, 2.05) is 13.8 Å². The van der Waals surface area contributed by atoms with Crippen molar-refractivity contribution >= 4 is 11.8 Å². The lowest BCUT2D eigenvalue weighted by molar-refractivity contribution is -0.131. The molecule has 0 aromatic carbocycles. The SMILES string of the molecule is CC(C)C(NC(=O)[C@H]1CCCC(=O)N1)c1nc(C2CC2)no1. The molecular weight excluding hydrogens is 284 g/mol. The third kappa shape index (κ3) is 3.28. The summed E-state index contributed by atoms with van der Waals surface area (Å²) in [7, 11) is 0. The largest absolute Gasteiger partial charge is 0.344 e. The Morgan fingerprint density at radius 2 is 2.14 bits per heavy atom. The quantitative estimate of drug-likeness (QED) is 0.857. The molecule has 2 aliphatic rings. The van der Waals surface area contributed by atoms with Gasteiger partial charge in [0.05, 0.1) is 0 Å². The van der Waals surface area contributed by atoms with Gasteiger partial charge in [-0.2, -0.15) is 4.98 Å². The first-order valence-electron chi connectivity index (χ1n) is 7.98. The normalized spacial score (nSPS) is 23.2. The second-order valence-corrected chi connectivity index (χ2v) is 6.51. The molecule has 0 spiro atoms. The second-order valence-electron chi connectivity index (χ2n) is 6.51. The third-order valence-corrected chi connectivity index (χ3v) is 4.18. The van der Waals surface area contributed by atoms with Crippen LogP contribution in [0.3, 0.4) is 0 Å². The first-order chi connectivity index (χ1) is 10.5. The Bertz CT molecular complexity index is 565. The molecule has 1 saturated carbocycles. The first kappa shape index (κ1) is 15.0. The molecule has 7 heteroatoms. The minimum absolute atomic E-state index is 0.0682. The van der Waals surface area contributed by atoms with Crippen LogP contribution in [0.15, 0.2) is 4.52 Å². The number of carbonyl (C=O) groups is 2. The van der Waals surface area contributed by atoms with Crippen LogP contribution in [0, 0.1) is 5.92 Å². The molecule has 2 fully saturated rings. The minimum Gasteiger partial charge on any atom is -0.344 e. The van der Waals surface area contributed by atoms with Crippen molar-refractivity contribution in [3.8, 4) is 0 Å². The Hall–Kier alpha value is -1.92. The molecule has 22 heavy (non-hydrogen) atoms.